The van der Waals surface area contributed by atoms with Crippen LogP contribution in [0.2, 0.25) is 0 Å². The van der Waals surface area contributed by atoms with Crippen LogP contribution in [0.25, 0.3) is 0 Å². The van der Waals surface area contributed by atoms with Gasteiger partial charge in [-0.25, -0.2) is 0 Å². The second-order valence-electron chi connectivity index (χ2n) is 4.12. The van der Waals surface area contributed by atoms with Crippen molar-refractivity contribution in [1.82, 2.24) is 10.6 Å². The maximum Gasteiger partial charge on any atom is 0.287 e. The summed E-state index contributed by atoms with van der Waals surface area (Å²) in [6.45, 7) is 4.50. The average molecular weight is 234 g/mol. The molecule has 1 aliphatic rings. The van der Waals surface area contributed by atoms with Crippen molar-refractivity contribution >= 4 is 5.91 Å². The lowest BCUT2D eigenvalue weighted by Crippen LogP contribution is -2.29. The summed E-state index contributed by atoms with van der Waals surface area (Å²) in [5.74, 6) is 1.11. The lowest BCUT2D eigenvalue weighted by Gasteiger charge is -2.14. The third-order valence-electron chi connectivity index (χ3n) is 2.87. The summed E-state index contributed by atoms with van der Waals surface area (Å²) in [6.07, 6.45) is 3.94. The molecule has 1 aromatic heterocycles. The van der Waals surface area contributed by atoms with Gasteiger partial charge >= 0.3 is 0 Å². The standard InChI is InChI=1S/C13H18N2O2/c1-2-11-3-4-12(17-11)13(16)15-9-10-5-7-14-8-6-10/h3-5,14H,2,6-9H2,1H3,(H,15,16). The van der Waals surface area contributed by atoms with Crippen LogP contribution in [-0.4, -0.2) is 25.5 Å². The summed E-state index contributed by atoms with van der Waals surface area (Å²) in [6, 6.07) is 3.57. The molecule has 1 amide bonds. The van der Waals surface area contributed by atoms with E-state index in [-0.39, 0.29) is 5.91 Å². The van der Waals surface area contributed by atoms with Crippen LogP contribution in [0.5, 0.6) is 0 Å². The first-order valence-corrected chi connectivity index (χ1v) is 6.05. The van der Waals surface area contributed by atoms with Crippen LogP contribution in [0, 0.1) is 0 Å². The number of carbonyl (C=O) groups is 1. The largest absolute Gasteiger partial charge is 0.456 e. The van der Waals surface area contributed by atoms with Gasteiger partial charge in [0.25, 0.3) is 5.91 Å². The van der Waals surface area contributed by atoms with E-state index in [1.54, 1.807) is 6.07 Å². The molecule has 0 aromatic carbocycles. The van der Waals surface area contributed by atoms with Gasteiger partial charge < -0.3 is 15.1 Å². The first kappa shape index (κ1) is 11.9. The quantitative estimate of drug-likeness (QED) is 0.776. The molecule has 0 atom stereocenters. The van der Waals surface area contributed by atoms with Crippen LogP contribution in [0.1, 0.15) is 29.7 Å². The van der Waals surface area contributed by atoms with E-state index in [9.17, 15) is 4.79 Å². The molecule has 2 rings (SSSR count). The van der Waals surface area contributed by atoms with Gasteiger partial charge in [-0.2, -0.15) is 0 Å². The van der Waals surface area contributed by atoms with Crippen LogP contribution in [0.3, 0.4) is 0 Å². The van der Waals surface area contributed by atoms with E-state index < -0.39 is 0 Å². The van der Waals surface area contributed by atoms with E-state index in [0.717, 1.165) is 31.7 Å². The van der Waals surface area contributed by atoms with E-state index in [2.05, 4.69) is 16.7 Å². The minimum absolute atomic E-state index is 0.135. The molecule has 17 heavy (non-hydrogen) atoms. The van der Waals surface area contributed by atoms with Crippen molar-refractivity contribution in [2.75, 3.05) is 19.6 Å². The van der Waals surface area contributed by atoms with Crippen molar-refractivity contribution in [3.8, 4) is 0 Å². The number of hydrogen-bond donors (Lipinski definition) is 2. The second kappa shape index (κ2) is 5.68. The van der Waals surface area contributed by atoms with Crippen molar-refractivity contribution in [2.45, 2.75) is 19.8 Å². The second-order valence-corrected chi connectivity index (χ2v) is 4.12. The molecule has 4 heteroatoms. The van der Waals surface area contributed by atoms with Crippen molar-refractivity contribution < 1.29 is 9.21 Å². The normalized spacial score (nSPS) is 15.5. The van der Waals surface area contributed by atoms with E-state index in [1.807, 2.05) is 13.0 Å². The van der Waals surface area contributed by atoms with Gasteiger partial charge in [-0.1, -0.05) is 18.6 Å². The molecule has 0 bridgehead atoms. The molecule has 0 radical (unpaired) electrons. The Morgan fingerprint density at radius 3 is 3.06 bits per heavy atom. The van der Waals surface area contributed by atoms with Gasteiger partial charge in [-0.3, -0.25) is 4.79 Å². The Kier molecular flexibility index (Phi) is 3.98. The molecule has 4 nitrogen and oxygen atoms in total. The molecule has 2 heterocycles. The number of amides is 1. The highest BCUT2D eigenvalue weighted by atomic mass is 16.3. The SMILES string of the molecule is CCc1ccc(C(=O)NCC2=CCNCC2)o1. The fraction of sp³-hybridized carbons (Fsp3) is 0.462. The molecule has 0 unspecified atom stereocenters. The van der Waals surface area contributed by atoms with E-state index in [4.69, 9.17) is 4.42 Å². The molecule has 0 saturated carbocycles. The molecule has 0 fully saturated rings. The summed E-state index contributed by atoms with van der Waals surface area (Å²) in [5, 5.41) is 6.11. The minimum atomic E-state index is -0.135. The number of aryl methyl sites for hydroxylation is 1. The zero-order valence-electron chi connectivity index (χ0n) is 10.1. The van der Waals surface area contributed by atoms with Crippen LogP contribution in [-0.2, 0) is 6.42 Å². The average Bonchev–Trinajstić information content (AvgIpc) is 2.86. The van der Waals surface area contributed by atoms with E-state index >= 15 is 0 Å². The molecular formula is C13H18N2O2. The lowest BCUT2D eigenvalue weighted by atomic mass is 10.1. The van der Waals surface area contributed by atoms with Crippen molar-refractivity contribution in [2.24, 2.45) is 0 Å². The van der Waals surface area contributed by atoms with Crippen LogP contribution in [0.4, 0.5) is 0 Å². The first-order chi connectivity index (χ1) is 8.29. The molecule has 1 aliphatic heterocycles. The van der Waals surface area contributed by atoms with Crippen molar-refractivity contribution in [3.63, 3.8) is 0 Å². The third-order valence-corrected chi connectivity index (χ3v) is 2.87. The zero-order valence-corrected chi connectivity index (χ0v) is 10.1. The number of nitrogens with one attached hydrogen (secondary N) is 2. The summed E-state index contributed by atoms with van der Waals surface area (Å²) >= 11 is 0. The topological polar surface area (TPSA) is 54.3 Å². The number of furan rings is 1. The molecule has 0 aliphatic carbocycles. The third kappa shape index (κ3) is 3.20. The Morgan fingerprint density at radius 1 is 1.53 bits per heavy atom. The highest BCUT2D eigenvalue weighted by Gasteiger charge is 2.11. The van der Waals surface area contributed by atoms with Gasteiger partial charge in [-0.15, -0.1) is 0 Å². The van der Waals surface area contributed by atoms with Gasteiger partial charge in [0, 0.05) is 19.5 Å². The summed E-state index contributed by atoms with van der Waals surface area (Å²) < 4.78 is 5.39. The Hall–Kier alpha value is -1.55. The minimum Gasteiger partial charge on any atom is -0.456 e. The fourth-order valence-electron chi connectivity index (χ4n) is 1.80. The van der Waals surface area contributed by atoms with Crippen LogP contribution < -0.4 is 10.6 Å². The van der Waals surface area contributed by atoms with Crippen molar-refractivity contribution in [1.29, 1.82) is 0 Å². The van der Waals surface area contributed by atoms with Gasteiger partial charge in [0.1, 0.15) is 5.76 Å². The predicted octanol–water partition coefficient (Wildman–Crippen LogP) is 1.49. The molecule has 0 spiro atoms. The Morgan fingerprint density at radius 2 is 2.41 bits per heavy atom. The molecular weight excluding hydrogens is 216 g/mol. The molecule has 0 saturated heterocycles. The summed E-state index contributed by atoms with van der Waals surface area (Å²) in [5.41, 5.74) is 1.28. The maximum atomic E-state index is 11.8. The Balaban J connectivity index is 1.86. The lowest BCUT2D eigenvalue weighted by molar-refractivity contribution is 0.0927. The van der Waals surface area contributed by atoms with Gasteiger partial charge in [-0.05, 0) is 25.1 Å². The summed E-state index contributed by atoms with van der Waals surface area (Å²) in [7, 11) is 0. The molecule has 92 valence electrons. The fourth-order valence-corrected chi connectivity index (χ4v) is 1.80. The van der Waals surface area contributed by atoms with E-state index in [1.165, 1.54) is 5.57 Å². The number of carbonyl (C=O) groups excluding carboxylic acids is 1. The van der Waals surface area contributed by atoms with E-state index in [0.29, 0.717) is 12.3 Å². The first-order valence-electron chi connectivity index (χ1n) is 6.05. The summed E-state index contributed by atoms with van der Waals surface area (Å²) in [4.78, 5) is 11.8. The maximum absolute atomic E-state index is 11.8. The van der Waals surface area contributed by atoms with Gasteiger partial charge in [0.15, 0.2) is 5.76 Å². The number of hydrogen-bond acceptors (Lipinski definition) is 3. The van der Waals surface area contributed by atoms with Crippen molar-refractivity contribution in [3.05, 3.63) is 35.3 Å². The van der Waals surface area contributed by atoms with Gasteiger partial charge in [0.2, 0.25) is 0 Å². The van der Waals surface area contributed by atoms with Crippen LogP contribution in [0.15, 0.2) is 28.2 Å². The molecule has 1 aromatic rings. The Bertz CT molecular complexity index is 421. The monoisotopic (exact) mass is 234 g/mol. The highest BCUT2D eigenvalue weighted by Crippen LogP contribution is 2.09. The zero-order chi connectivity index (χ0) is 12.1. The smallest absolute Gasteiger partial charge is 0.287 e. The van der Waals surface area contributed by atoms with Crippen LogP contribution >= 0.6 is 0 Å². The number of rotatable bonds is 4. The Labute approximate surface area is 101 Å². The predicted molar refractivity (Wildman–Crippen MR) is 66.0 cm³/mol. The highest BCUT2D eigenvalue weighted by molar-refractivity contribution is 5.91. The molecule has 2 N–H and O–H groups in total. The van der Waals surface area contributed by atoms with Gasteiger partial charge in [0.05, 0.1) is 0 Å².